The number of benzene rings is 1. The van der Waals surface area contributed by atoms with Crippen molar-refractivity contribution in [3.8, 4) is 0 Å². The fourth-order valence-electron chi connectivity index (χ4n) is 1.15. The van der Waals surface area contributed by atoms with Gasteiger partial charge in [-0.1, -0.05) is 32.9 Å². The van der Waals surface area contributed by atoms with Crippen LogP contribution >= 0.6 is 0 Å². The summed E-state index contributed by atoms with van der Waals surface area (Å²) in [7, 11) is 0. The molecule has 0 saturated heterocycles. The smallest absolute Gasteiger partial charge is 0.293 e. The van der Waals surface area contributed by atoms with E-state index in [4.69, 9.17) is 4.89 Å². The van der Waals surface area contributed by atoms with Crippen LogP contribution in [-0.4, -0.2) is 12.6 Å². The molecule has 3 nitrogen and oxygen atoms in total. The number of hydrogen-bond acceptors (Lipinski definition) is 3. The van der Waals surface area contributed by atoms with Gasteiger partial charge >= 0.3 is 5.97 Å². The minimum atomic E-state index is -0.441. The lowest BCUT2D eigenvalue weighted by atomic mass is 10.1. The molecule has 0 aromatic heterocycles. The average molecular weight is 222 g/mol. The van der Waals surface area contributed by atoms with E-state index in [0.29, 0.717) is 18.1 Å². The molecule has 0 aliphatic carbocycles. The van der Waals surface area contributed by atoms with Gasteiger partial charge in [-0.15, -0.1) is 0 Å². The van der Waals surface area contributed by atoms with Crippen LogP contribution in [-0.2, 0) is 16.2 Å². The maximum Gasteiger partial charge on any atom is 0.373 e. The summed E-state index contributed by atoms with van der Waals surface area (Å²) in [4.78, 5) is 21.0. The summed E-state index contributed by atoms with van der Waals surface area (Å²) in [5.74, 6) is -0.0985. The molecule has 88 valence electrons. The van der Waals surface area contributed by atoms with E-state index in [-0.39, 0.29) is 0 Å². The van der Waals surface area contributed by atoms with Crippen LogP contribution in [0.2, 0.25) is 0 Å². The van der Waals surface area contributed by atoms with E-state index in [2.05, 4.69) is 11.8 Å². The van der Waals surface area contributed by atoms with Crippen LogP contribution in [0.4, 0.5) is 0 Å². The summed E-state index contributed by atoms with van der Waals surface area (Å²) in [6.45, 7) is 6.46. The lowest BCUT2D eigenvalue weighted by Crippen LogP contribution is -2.09. The highest BCUT2D eigenvalue weighted by molar-refractivity contribution is 5.88. The standard InChI is InChI=1S/C13H18O3/c1-4-11-5-7-12(8-6-11)13(14)16-15-9-10(2)3/h5-8,10H,4,9H2,1-3H3. The Hall–Kier alpha value is -1.35. The molecule has 0 heterocycles. The monoisotopic (exact) mass is 222 g/mol. The Morgan fingerprint density at radius 2 is 1.88 bits per heavy atom. The topological polar surface area (TPSA) is 35.5 Å². The summed E-state index contributed by atoms with van der Waals surface area (Å²) in [5.41, 5.74) is 1.71. The van der Waals surface area contributed by atoms with Crippen molar-refractivity contribution in [2.45, 2.75) is 27.2 Å². The van der Waals surface area contributed by atoms with Crippen molar-refractivity contribution in [3.05, 3.63) is 35.4 Å². The molecular weight excluding hydrogens is 204 g/mol. The lowest BCUT2D eigenvalue weighted by molar-refractivity contribution is -0.246. The SMILES string of the molecule is CCc1ccc(C(=O)OOCC(C)C)cc1. The molecule has 0 amide bonds. The van der Waals surface area contributed by atoms with Gasteiger partial charge < -0.3 is 0 Å². The van der Waals surface area contributed by atoms with Crippen molar-refractivity contribution in [1.82, 2.24) is 0 Å². The Kier molecular flexibility index (Phi) is 4.99. The number of carbonyl (C=O) groups is 1. The molecule has 1 aromatic carbocycles. The molecule has 0 aliphatic heterocycles. The molecule has 16 heavy (non-hydrogen) atoms. The van der Waals surface area contributed by atoms with Gasteiger partial charge in [-0.3, -0.25) is 4.89 Å². The Bertz CT molecular complexity index is 328. The van der Waals surface area contributed by atoms with E-state index < -0.39 is 5.97 Å². The van der Waals surface area contributed by atoms with Crippen LogP contribution in [0.25, 0.3) is 0 Å². The van der Waals surface area contributed by atoms with Crippen molar-refractivity contribution in [2.24, 2.45) is 5.92 Å². The molecule has 3 heteroatoms. The van der Waals surface area contributed by atoms with Gasteiger partial charge in [0.1, 0.15) is 0 Å². The molecule has 1 aromatic rings. The summed E-state index contributed by atoms with van der Waals surface area (Å²) >= 11 is 0. The predicted octanol–water partition coefficient (Wildman–Crippen LogP) is 2.99. The summed E-state index contributed by atoms with van der Waals surface area (Å²) < 4.78 is 0. The first-order valence-electron chi connectivity index (χ1n) is 5.56. The van der Waals surface area contributed by atoms with E-state index in [9.17, 15) is 4.79 Å². The highest BCUT2D eigenvalue weighted by atomic mass is 17.2. The first-order chi connectivity index (χ1) is 7.63. The quantitative estimate of drug-likeness (QED) is 0.567. The second-order valence-electron chi connectivity index (χ2n) is 4.10. The zero-order valence-electron chi connectivity index (χ0n) is 10.0. The van der Waals surface area contributed by atoms with E-state index in [0.717, 1.165) is 6.42 Å². The maximum atomic E-state index is 11.5. The van der Waals surface area contributed by atoms with E-state index in [1.165, 1.54) is 5.56 Å². The average Bonchev–Trinajstić information content (AvgIpc) is 2.28. The van der Waals surface area contributed by atoms with Crippen molar-refractivity contribution in [2.75, 3.05) is 6.61 Å². The van der Waals surface area contributed by atoms with Gasteiger partial charge in [0.05, 0.1) is 12.2 Å². The van der Waals surface area contributed by atoms with Crippen molar-refractivity contribution >= 4 is 5.97 Å². The molecule has 0 aliphatic rings. The number of carbonyl (C=O) groups excluding carboxylic acids is 1. The molecule has 0 unspecified atom stereocenters. The predicted molar refractivity (Wildman–Crippen MR) is 62.0 cm³/mol. The van der Waals surface area contributed by atoms with Crippen LogP contribution in [0, 0.1) is 5.92 Å². The fourth-order valence-corrected chi connectivity index (χ4v) is 1.15. The molecule has 0 N–H and O–H groups in total. The Balaban J connectivity index is 2.46. The Labute approximate surface area is 96.3 Å². The van der Waals surface area contributed by atoms with Gasteiger partial charge in [0.2, 0.25) is 0 Å². The van der Waals surface area contributed by atoms with Gasteiger partial charge in [0, 0.05) is 0 Å². The normalized spacial score (nSPS) is 10.5. The van der Waals surface area contributed by atoms with Crippen molar-refractivity contribution in [1.29, 1.82) is 0 Å². The number of aryl methyl sites for hydroxylation is 1. The Morgan fingerprint density at radius 1 is 1.25 bits per heavy atom. The minimum Gasteiger partial charge on any atom is -0.293 e. The Morgan fingerprint density at radius 3 is 2.38 bits per heavy atom. The first kappa shape index (κ1) is 12.7. The zero-order valence-corrected chi connectivity index (χ0v) is 10.0. The molecule has 0 atom stereocenters. The van der Waals surface area contributed by atoms with Gasteiger partial charge in [0.15, 0.2) is 0 Å². The van der Waals surface area contributed by atoms with Gasteiger partial charge in [0.25, 0.3) is 0 Å². The molecule has 0 spiro atoms. The first-order valence-corrected chi connectivity index (χ1v) is 5.56. The minimum absolute atomic E-state index is 0.343. The maximum absolute atomic E-state index is 11.5. The second kappa shape index (κ2) is 6.28. The summed E-state index contributed by atoms with van der Waals surface area (Å²) in [6.07, 6.45) is 0.958. The zero-order chi connectivity index (χ0) is 12.0. The van der Waals surface area contributed by atoms with Crippen LogP contribution in [0.15, 0.2) is 24.3 Å². The molecule has 0 bridgehead atoms. The summed E-state index contributed by atoms with van der Waals surface area (Å²) in [5, 5.41) is 0. The van der Waals surface area contributed by atoms with Crippen LogP contribution in [0.5, 0.6) is 0 Å². The third-order valence-electron chi connectivity index (χ3n) is 2.13. The highest BCUT2D eigenvalue weighted by Gasteiger charge is 2.08. The van der Waals surface area contributed by atoms with E-state index in [1.807, 2.05) is 26.0 Å². The van der Waals surface area contributed by atoms with Crippen molar-refractivity contribution in [3.63, 3.8) is 0 Å². The largest absolute Gasteiger partial charge is 0.373 e. The fraction of sp³-hybridized carbons (Fsp3) is 0.462. The molecule has 0 fully saturated rings. The van der Waals surface area contributed by atoms with Gasteiger partial charge in [-0.05, 0) is 30.0 Å². The second-order valence-corrected chi connectivity index (χ2v) is 4.10. The van der Waals surface area contributed by atoms with Crippen LogP contribution in [0.3, 0.4) is 0 Å². The molecule has 1 rings (SSSR count). The third kappa shape index (κ3) is 4.03. The van der Waals surface area contributed by atoms with E-state index >= 15 is 0 Å². The number of hydrogen-bond donors (Lipinski definition) is 0. The lowest BCUT2D eigenvalue weighted by Gasteiger charge is -2.05. The highest BCUT2D eigenvalue weighted by Crippen LogP contribution is 2.07. The van der Waals surface area contributed by atoms with E-state index in [1.54, 1.807) is 12.1 Å². The van der Waals surface area contributed by atoms with Crippen molar-refractivity contribution < 1.29 is 14.6 Å². The summed E-state index contributed by atoms with van der Waals surface area (Å²) in [6, 6.07) is 7.33. The molecular formula is C13H18O3. The van der Waals surface area contributed by atoms with Gasteiger partial charge in [-0.2, -0.15) is 4.89 Å². The number of rotatable bonds is 5. The van der Waals surface area contributed by atoms with Crippen LogP contribution in [0.1, 0.15) is 36.7 Å². The van der Waals surface area contributed by atoms with Gasteiger partial charge in [-0.25, -0.2) is 4.79 Å². The third-order valence-corrected chi connectivity index (χ3v) is 2.13. The molecule has 0 radical (unpaired) electrons. The van der Waals surface area contributed by atoms with Crippen LogP contribution < -0.4 is 0 Å². The molecule has 0 saturated carbocycles.